The van der Waals surface area contributed by atoms with Crippen LogP contribution in [0.4, 0.5) is 4.39 Å². The first-order valence-electron chi connectivity index (χ1n) is 5.27. The maximum absolute atomic E-state index is 13.9. The second-order valence-corrected chi connectivity index (χ2v) is 6.15. The summed E-state index contributed by atoms with van der Waals surface area (Å²) in [6.07, 6.45) is 0. The maximum atomic E-state index is 13.9. The van der Waals surface area contributed by atoms with Crippen LogP contribution in [0, 0.1) is 19.7 Å². The number of benzene rings is 1. The summed E-state index contributed by atoms with van der Waals surface area (Å²) in [5.41, 5.74) is 7.85. The molecule has 0 aliphatic heterocycles. The number of rotatable bonds is 2. The second kappa shape index (κ2) is 4.88. The number of hydrogen-bond acceptors (Lipinski definition) is 2. The van der Waals surface area contributed by atoms with E-state index in [2.05, 4.69) is 15.9 Å². The fraction of sp³-hybridized carbons (Fsp3) is 0.231. The molecule has 1 atom stereocenters. The molecule has 1 aromatic carbocycles. The molecule has 2 rings (SSSR count). The number of halogens is 2. The molecule has 0 saturated carbocycles. The van der Waals surface area contributed by atoms with E-state index in [0.717, 1.165) is 4.88 Å². The lowest BCUT2D eigenvalue weighted by Crippen LogP contribution is -2.12. The Morgan fingerprint density at radius 3 is 2.65 bits per heavy atom. The molecule has 0 aliphatic carbocycles. The van der Waals surface area contributed by atoms with E-state index in [4.69, 9.17) is 5.73 Å². The summed E-state index contributed by atoms with van der Waals surface area (Å²) in [4.78, 5) is 2.22. The minimum absolute atomic E-state index is 0.274. The van der Waals surface area contributed by atoms with Crippen LogP contribution in [-0.4, -0.2) is 0 Å². The molecule has 17 heavy (non-hydrogen) atoms. The van der Waals surface area contributed by atoms with Crippen molar-refractivity contribution in [3.05, 3.63) is 55.4 Å². The predicted octanol–water partition coefficient (Wildman–Crippen LogP) is 4.31. The Labute approximate surface area is 113 Å². The number of nitrogens with two attached hydrogens (primary N) is 1. The van der Waals surface area contributed by atoms with Crippen LogP contribution in [0.2, 0.25) is 0 Å². The van der Waals surface area contributed by atoms with Crippen LogP contribution in [-0.2, 0) is 0 Å². The van der Waals surface area contributed by atoms with Gasteiger partial charge in [-0.25, -0.2) is 4.39 Å². The highest BCUT2D eigenvalue weighted by Crippen LogP contribution is 2.32. The Bertz CT molecular complexity index is 531. The van der Waals surface area contributed by atoms with Crippen molar-refractivity contribution in [3.8, 4) is 0 Å². The summed E-state index contributed by atoms with van der Waals surface area (Å²) < 4.78 is 14.4. The van der Waals surface area contributed by atoms with Crippen LogP contribution in [0.25, 0.3) is 0 Å². The van der Waals surface area contributed by atoms with Gasteiger partial charge < -0.3 is 5.73 Å². The van der Waals surface area contributed by atoms with Gasteiger partial charge in [-0.15, -0.1) is 11.3 Å². The maximum Gasteiger partial charge on any atom is 0.142 e. The minimum Gasteiger partial charge on any atom is -0.320 e. The highest BCUT2D eigenvalue weighted by molar-refractivity contribution is 9.10. The van der Waals surface area contributed by atoms with Gasteiger partial charge in [-0.1, -0.05) is 12.1 Å². The zero-order valence-corrected chi connectivity index (χ0v) is 12.0. The number of aryl methyl sites for hydroxylation is 2. The molecule has 0 saturated heterocycles. The first-order chi connectivity index (χ1) is 8.00. The van der Waals surface area contributed by atoms with E-state index in [-0.39, 0.29) is 5.82 Å². The molecule has 0 spiro atoms. The summed E-state index contributed by atoms with van der Waals surface area (Å²) in [5, 5.41) is 0. The van der Waals surface area contributed by atoms with Gasteiger partial charge in [0.15, 0.2) is 0 Å². The van der Waals surface area contributed by atoms with Crippen molar-refractivity contribution in [1.29, 1.82) is 0 Å². The zero-order valence-electron chi connectivity index (χ0n) is 9.63. The summed E-state index contributed by atoms with van der Waals surface area (Å²) in [6.45, 7) is 4.09. The molecule has 0 radical (unpaired) electrons. The van der Waals surface area contributed by atoms with Gasteiger partial charge in [-0.3, -0.25) is 0 Å². The monoisotopic (exact) mass is 313 g/mol. The first kappa shape index (κ1) is 12.7. The molecule has 0 fully saturated rings. The van der Waals surface area contributed by atoms with Crippen LogP contribution in [0.1, 0.15) is 26.9 Å². The highest BCUT2D eigenvalue weighted by Gasteiger charge is 2.17. The van der Waals surface area contributed by atoms with E-state index < -0.39 is 6.04 Å². The largest absolute Gasteiger partial charge is 0.320 e. The van der Waals surface area contributed by atoms with Gasteiger partial charge in [0.05, 0.1) is 10.5 Å². The van der Waals surface area contributed by atoms with Crippen LogP contribution < -0.4 is 5.73 Å². The summed E-state index contributed by atoms with van der Waals surface area (Å²) in [6, 6.07) is 6.84. The molecular weight excluding hydrogens is 301 g/mol. The molecule has 2 aromatic rings. The lowest BCUT2D eigenvalue weighted by Gasteiger charge is -2.11. The number of hydrogen-bond donors (Lipinski definition) is 1. The molecule has 1 heterocycles. The SMILES string of the molecule is Cc1cc(C(N)c2cccc(Br)c2F)sc1C. The van der Waals surface area contributed by atoms with Crippen molar-refractivity contribution in [2.24, 2.45) is 5.73 Å². The van der Waals surface area contributed by atoms with Crippen molar-refractivity contribution in [1.82, 2.24) is 0 Å². The molecule has 4 heteroatoms. The zero-order chi connectivity index (χ0) is 12.6. The second-order valence-electron chi connectivity index (χ2n) is 4.01. The van der Waals surface area contributed by atoms with Gasteiger partial charge in [0, 0.05) is 15.3 Å². The Balaban J connectivity index is 2.43. The van der Waals surface area contributed by atoms with Gasteiger partial charge in [-0.05, 0) is 47.5 Å². The summed E-state index contributed by atoms with van der Waals surface area (Å²) in [7, 11) is 0. The predicted molar refractivity (Wildman–Crippen MR) is 73.9 cm³/mol. The fourth-order valence-electron chi connectivity index (χ4n) is 1.67. The molecule has 0 amide bonds. The standard InChI is InChI=1S/C13H13BrFNS/c1-7-6-11(17-8(7)2)13(16)9-4-3-5-10(14)12(9)15/h3-6,13H,16H2,1-2H3. The number of thiophene rings is 1. The lowest BCUT2D eigenvalue weighted by molar-refractivity contribution is 0.594. The normalized spacial score (nSPS) is 12.8. The Hall–Kier alpha value is -0.710. The van der Waals surface area contributed by atoms with Crippen molar-refractivity contribution < 1.29 is 4.39 Å². The molecule has 90 valence electrons. The van der Waals surface area contributed by atoms with Gasteiger partial charge in [0.1, 0.15) is 5.82 Å². The molecule has 1 nitrogen and oxygen atoms in total. The summed E-state index contributed by atoms with van der Waals surface area (Å²) >= 11 is 4.80. The average molecular weight is 314 g/mol. The van der Waals surface area contributed by atoms with E-state index in [9.17, 15) is 4.39 Å². The van der Waals surface area contributed by atoms with Crippen LogP contribution in [0.5, 0.6) is 0 Å². The van der Waals surface area contributed by atoms with Crippen molar-refractivity contribution in [2.45, 2.75) is 19.9 Å². The van der Waals surface area contributed by atoms with Crippen LogP contribution in [0.3, 0.4) is 0 Å². The van der Waals surface area contributed by atoms with E-state index in [0.29, 0.717) is 10.0 Å². The Morgan fingerprint density at radius 2 is 2.06 bits per heavy atom. The molecule has 0 aliphatic rings. The van der Waals surface area contributed by atoms with Gasteiger partial charge in [0.2, 0.25) is 0 Å². The van der Waals surface area contributed by atoms with Crippen LogP contribution >= 0.6 is 27.3 Å². The smallest absolute Gasteiger partial charge is 0.142 e. The molecule has 2 N–H and O–H groups in total. The highest BCUT2D eigenvalue weighted by atomic mass is 79.9. The van der Waals surface area contributed by atoms with E-state index >= 15 is 0 Å². The van der Waals surface area contributed by atoms with Gasteiger partial charge in [0.25, 0.3) is 0 Å². The lowest BCUT2D eigenvalue weighted by atomic mass is 10.1. The van der Waals surface area contributed by atoms with Gasteiger partial charge in [-0.2, -0.15) is 0 Å². The Morgan fingerprint density at radius 1 is 1.35 bits per heavy atom. The third-order valence-corrected chi connectivity index (χ3v) is 4.66. The molecule has 1 unspecified atom stereocenters. The van der Waals surface area contributed by atoms with Crippen molar-refractivity contribution >= 4 is 27.3 Å². The Kier molecular flexibility index (Phi) is 3.66. The topological polar surface area (TPSA) is 26.0 Å². The van der Waals surface area contributed by atoms with Gasteiger partial charge >= 0.3 is 0 Å². The molecular formula is C13H13BrFNS. The van der Waals surface area contributed by atoms with E-state index in [1.807, 2.05) is 19.9 Å². The van der Waals surface area contributed by atoms with E-state index in [1.165, 1.54) is 10.4 Å². The summed E-state index contributed by atoms with van der Waals surface area (Å²) in [5.74, 6) is -0.274. The van der Waals surface area contributed by atoms with Crippen molar-refractivity contribution in [2.75, 3.05) is 0 Å². The minimum atomic E-state index is -0.398. The third-order valence-electron chi connectivity index (χ3n) is 2.81. The first-order valence-corrected chi connectivity index (χ1v) is 6.88. The van der Waals surface area contributed by atoms with Crippen molar-refractivity contribution in [3.63, 3.8) is 0 Å². The van der Waals surface area contributed by atoms with Crippen LogP contribution in [0.15, 0.2) is 28.7 Å². The molecule has 1 aromatic heterocycles. The quantitative estimate of drug-likeness (QED) is 0.878. The average Bonchev–Trinajstić information content (AvgIpc) is 2.62. The molecule has 0 bridgehead atoms. The third kappa shape index (κ3) is 2.44. The van der Waals surface area contributed by atoms with E-state index in [1.54, 1.807) is 29.5 Å². The fourth-order valence-corrected chi connectivity index (χ4v) is 3.11.